The first-order valence-corrected chi connectivity index (χ1v) is 8.45. The number of hydrogen-bond acceptors (Lipinski definition) is 5. The van der Waals surface area contributed by atoms with Crippen LogP contribution in [0.5, 0.6) is 0 Å². The number of carbonyl (C=O) groups excluding carboxylic acids is 1. The van der Waals surface area contributed by atoms with Crippen molar-refractivity contribution in [2.45, 2.75) is 19.4 Å². The number of nitrogens with one attached hydrogen (secondary N) is 1. The van der Waals surface area contributed by atoms with Gasteiger partial charge in [0.2, 0.25) is 0 Å². The van der Waals surface area contributed by atoms with Crippen LogP contribution in [0.25, 0.3) is 0 Å². The number of methoxy groups -OCH3 is 1. The van der Waals surface area contributed by atoms with Crippen molar-refractivity contribution < 1.29 is 17.9 Å². The highest BCUT2D eigenvalue weighted by Gasteiger charge is 2.22. The molecule has 1 unspecified atom stereocenters. The summed E-state index contributed by atoms with van der Waals surface area (Å²) in [5.41, 5.74) is 0. The van der Waals surface area contributed by atoms with Gasteiger partial charge in [-0.15, -0.1) is 11.3 Å². The monoisotopic (exact) mass is 340 g/mol. The first-order chi connectivity index (χ1) is 9.26. The van der Waals surface area contributed by atoms with Gasteiger partial charge in [0.1, 0.15) is 0 Å². The summed E-state index contributed by atoms with van der Waals surface area (Å²) in [7, 11) is -0.999. The van der Waals surface area contributed by atoms with Crippen molar-refractivity contribution in [3.05, 3.63) is 21.3 Å². The second kappa shape index (κ2) is 7.37. The summed E-state index contributed by atoms with van der Waals surface area (Å²) in [6.45, 7) is 1.79. The summed E-state index contributed by atoms with van der Waals surface area (Å²) in [4.78, 5) is 11.8. The van der Waals surface area contributed by atoms with E-state index in [9.17, 15) is 13.2 Å². The molecular weight excluding hydrogens is 324 g/mol. The highest BCUT2D eigenvalue weighted by atomic mass is 35.5. The highest BCUT2D eigenvalue weighted by Crippen LogP contribution is 2.27. The van der Waals surface area contributed by atoms with Crippen LogP contribution in [-0.2, 0) is 19.7 Å². The Kier molecular flexibility index (Phi) is 6.41. The van der Waals surface area contributed by atoms with Crippen LogP contribution in [0.4, 0.5) is 0 Å². The van der Waals surface area contributed by atoms with Crippen molar-refractivity contribution in [1.82, 2.24) is 9.03 Å². The normalized spacial score (nSPS) is 13.4. The number of thiophene rings is 1. The Labute approximate surface area is 127 Å². The predicted octanol–water partition coefficient (Wildman–Crippen LogP) is 1.79. The van der Waals surface area contributed by atoms with Crippen LogP contribution in [0, 0.1) is 0 Å². The van der Waals surface area contributed by atoms with Crippen molar-refractivity contribution >= 4 is 39.1 Å². The maximum atomic E-state index is 12.1. The van der Waals surface area contributed by atoms with Gasteiger partial charge in [-0.05, 0) is 19.1 Å². The van der Waals surface area contributed by atoms with E-state index >= 15 is 0 Å². The van der Waals surface area contributed by atoms with Crippen molar-refractivity contribution in [3.63, 3.8) is 0 Å². The van der Waals surface area contributed by atoms with Crippen molar-refractivity contribution in [3.8, 4) is 0 Å². The van der Waals surface area contributed by atoms with E-state index in [4.69, 9.17) is 11.6 Å². The summed E-state index contributed by atoms with van der Waals surface area (Å²) < 4.78 is 32.8. The van der Waals surface area contributed by atoms with E-state index in [1.54, 1.807) is 19.1 Å². The zero-order chi connectivity index (χ0) is 15.3. The van der Waals surface area contributed by atoms with Gasteiger partial charge in [-0.1, -0.05) is 11.6 Å². The van der Waals surface area contributed by atoms with Gasteiger partial charge < -0.3 is 4.74 Å². The van der Waals surface area contributed by atoms with Gasteiger partial charge in [0.05, 0.1) is 23.9 Å². The lowest BCUT2D eigenvalue weighted by Gasteiger charge is -2.20. The quantitative estimate of drug-likeness (QED) is 0.768. The number of rotatable bonds is 7. The van der Waals surface area contributed by atoms with E-state index in [1.807, 2.05) is 0 Å². The van der Waals surface area contributed by atoms with Gasteiger partial charge in [0, 0.05) is 18.5 Å². The fourth-order valence-electron chi connectivity index (χ4n) is 1.40. The van der Waals surface area contributed by atoms with Gasteiger partial charge in [-0.3, -0.25) is 4.79 Å². The van der Waals surface area contributed by atoms with Gasteiger partial charge in [0.25, 0.3) is 10.2 Å². The molecule has 0 aliphatic heterocycles. The van der Waals surface area contributed by atoms with E-state index < -0.39 is 22.2 Å². The molecule has 9 heteroatoms. The summed E-state index contributed by atoms with van der Waals surface area (Å²) in [5.74, 6) is -0.454. The van der Waals surface area contributed by atoms with Crippen LogP contribution >= 0.6 is 22.9 Å². The molecule has 1 atom stereocenters. The molecule has 1 rings (SSSR count). The zero-order valence-electron chi connectivity index (χ0n) is 11.4. The van der Waals surface area contributed by atoms with E-state index in [0.717, 1.165) is 9.18 Å². The first-order valence-electron chi connectivity index (χ1n) is 5.82. The molecule has 6 nitrogen and oxygen atoms in total. The number of hydrogen-bond donors (Lipinski definition) is 1. The molecule has 0 saturated heterocycles. The minimum atomic E-state index is -3.66. The van der Waals surface area contributed by atoms with Crippen LogP contribution in [0.3, 0.4) is 0 Å². The van der Waals surface area contributed by atoms with E-state index in [1.165, 1.54) is 25.5 Å². The molecule has 0 spiro atoms. The molecule has 114 valence electrons. The number of esters is 1. The molecule has 0 radical (unpaired) electrons. The number of ether oxygens (including phenoxy) is 1. The average molecular weight is 341 g/mol. The third-order valence-corrected chi connectivity index (χ3v) is 5.68. The third kappa shape index (κ3) is 5.02. The average Bonchev–Trinajstić information content (AvgIpc) is 2.81. The molecule has 0 aromatic carbocycles. The molecule has 1 N–H and O–H groups in total. The van der Waals surface area contributed by atoms with Crippen molar-refractivity contribution in [1.29, 1.82) is 0 Å². The molecule has 0 fully saturated rings. The maximum Gasteiger partial charge on any atom is 0.306 e. The Hall–Kier alpha value is -0.670. The minimum absolute atomic E-state index is 0.00706. The number of nitrogens with zero attached hydrogens (tertiary/aromatic N) is 1. The fourth-order valence-corrected chi connectivity index (χ4v) is 3.63. The van der Waals surface area contributed by atoms with Gasteiger partial charge >= 0.3 is 5.97 Å². The Balaban J connectivity index is 2.62. The molecule has 0 bridgehead atoms. The second-order valence-corrected chi connectivity index (χ2v) is 7.69. The Morgan fingerprint density at radius 3 is 2.70 bits per heavy atom. The number of carbonyl (C=O) groups is 1. The summed E-state index contributed by atoms with van der Waals surface area (Å²) in [5, 5.41) is 0. The fraction of sp³-hybridized carbons (Fsp3) is 0.545. The molecule has 1 heterocycles. The second-order valence-electron chi connectivity index (χ2n) is 4.13. The SMILES string of the molecule is COC(=O)CCN(C)S(=O)(=O)NC(C)c1ccc(Cl)s1. The van der Waals surface area contributed by atoms with Gasteiger partial charge in [-0.2, -0.15) is 17.4 Å². The molecule has 1 aromatic rings. The largest absolute Gasteiger partial charge is 0.469 e. The Morgan fingerprint density at radius 1 is 1.55 bits per heavy atom. The minimum Gasteiger partial charge on any atom is -0.469 e. The van der Waals surface area contributed by atoms with E-state index in [-0.39, 0.29) is 13.0 Å². The van der Waals surface area contributed by atoms with Gasteiger partial charge in [-0.25, -0.2) is 0 Å². The molecule has 0 amide bonds. The lowest BCUT2D eigenvalue weighted by atomic mass is 10.3. The number of halogens is 1. The van der Waals surface area contributed by atoms with Crippen molar-refractivity contribution in [2.75, 3.05) is 20.7 Å². The smallest absolute Gasteiger partial charge is 0.306 e. The molecule has 0 saturated carbocycles. The van der Waals surface area contributed by atoms with Crippen molar-refractivity contribution in [2.24, 2.45) is 0 Å². The van der Waals surface area contributed by atoms with Crippen LogP contribution < -0.4 is 4.72 Å². The molecule has 0 aliphatic carbocycles. The lowest BCUT2D eigenvalue weighted by molar-refractivity contribution is -0.140. The highest BCUT2D eigenvalue weighted by molar-refractivity contribution is 7.87. The summed E-state index contributed by atoms with van der Waals surface area (Å²) in [6.07, 6.45) is 0.00706. The Bertz CT molecular complexity index is 559. The zero-order valence-corrected chi connectivity index (χ0v) is 13.8. The van der Waals surface area contributed by atoms with Crippen LogP contribution in [0.1, 0.15) is 24.3 Å². The van der Waals surface area contributed by atoms with E-state index in [0.29, 0.717) is 4.34 Å². The van der Waals surface area contributed by atoms with Crippen LogP contribution in [0.15, 0.2) is 12.1 Å². The standard InChI is InChI=1S/C11H17ClN2O4S2/c1-8(9-4-5-10(12)19-9)13-20(16,17)14(2)7-6-11(15)18-3/h4-5,8,13H,6-7H2,1-3H3. The lowest BCUT2D eigenvalue weighted by Crippen LogP contribution is -2.40. The topological polar surface area (TPSA) is 75.7 Å². The first kappa shape index (κ1) is 17.4. The Morgan fingerprint density at radius 2 is 2.20 bits per heavy atom. The molecule has 1 aromatic heterocycles. The molecular formula is C11H17ClN2O4S2. The molecule has 0 aliphatic rings. The third-order valence-electron chi connectivity index (χ3n) is 2.62. The van der Waals surface area contributed by atoms with Crippen LogP contribution in [-0.4, -0.2) is 39.4 Å². The summed E-state index contributed by atoms with van der Waals surface area (Å²) >= 11 is 7.13. The summed E-state index contributed by atoms with van der Waals surface area (Å²) in [6, 6.07) is 3.10. The maximum absolute atomic E-state index is 12.1. The van der Waals surface area contributed by atoms with E-state index in [2.05, 4.69) is 9.46 Å². The predicted molar refractivity (Wildman–Crippen MR) is 79.1 cm³/mol. The molecule has 20 heavy (non-hydrogen) atoms. The van der Waals surface area contributed by atoms with Crippen LogP contribution in [0.2, 0.25) is 4.34 Å². The van der Waals surface area contributed by atoms with Gasteiger partial charge in [0.15, 0.2) is 0 Å².